The molecule has 5 atom stereocenters. The Morgan fingerprint density at radius 2 is 1.27 bits per heavy atom. The molecule has 0 N–H and O–H groups in total. The van der Waals surface area contributed by atoms with Crippen LogP contribution < -0.4 is 4.90 Å². The minimum absolute atomic E-state index is 0.127. The van der Waals surface area contributed by atoms with E-state index in [-0.39, 0.29) is 5.41 Å². The molecular formula is C54H47N. The van der Waals surface area contributed by atoms with Gasteiger partial charge in [0.15, 0.2) is 0 Å². The van der Waals surface area contributed by atoms with Gasteiger partial charge in [0.25, 0.3) is 0 Å². The van der Waals surface area contributed by atoms with Crippen molar-refractivity contribution in [2.45, 2.75) is 51.4 Å². The zero-order valence-corrected chi connectivity index (χ0v) is 31.9. The average molecular weight is 710 g/mol. The van der Waals surface area contributed by atoms with Crippen molar-refractivity contribution < 1.29 is 0 Å². The van der Waals surface area contributed by atoms with Crippen molar-refractivity contribution in [3.05, 3.63) is 180 Å². The van der Waals surface area contributed by atoms with E-state index >= 15 is 0 Å². The molecule has 2 bridgehead atoms. The Kier molecular flexibility index (Phi) is 7.56. The molecule has 1 heteroatoms. The molecule has 4 aliphatic carbocycles. The molecule has 1 spiro atoms. The molecule has 0 aliphatic heterocycles. The van der Waals surface area contributed by atoms with E-state index in [4.69, 9.17) is 0 Å². The molecule has 7 aromatic rings. The van der Waals surface area contributed by atoms with Gasteiger partial charge in [-0.2, -0.15) is 0 Å². The first-order chi connectivity index (χ1) is 27.1. The van der Waals surface area contributed by atoms with Crippen molar-refractivity contribution in [2.24, 2.45) is 23.7 Å². The average Bonchev–Trinajstić information content (AvgIpc) is 3.34. The highest BCUT2D eigenvalue weighted by Gasteiger charge is 2.56. The van der Waals surface area contributed by atoms with E-state index in [1.165, 1.54) is 97.7 Å². The highest BCUT2D eigenvalue weighted by atomic mass is 15.1. The van der Waals surface area contributed by atoms with Gasteiger partial charge in [0, 0.05) is 28.6 Å². The van der Waals surface area contributed by atoms with Crippen LogP contribution in [0.3, 0.4) is 0 Å². The Bertz CT molecular complexity index is 2690. The second-order valence-electron chi connectivity index (χ2n) is 17.1. The maximum Gasteiger partial charge on any atom is 0.0543 e. The summed E-state index contributed by atoms with van der Waals surface area (Å²) < 4.78 is 0. The van der Waals surface area contributed by atoms with Gasteiger partial charge in [-0.15, -0.1) is 0 Å². The summed E-state index contributed by atoms with van der Waals surface area (Å²) in [6.45, 7) is 5.07. The van der Waals surface area contributed by atoms with Crippen molar-refractivity contribution in [3.63, 3.8) is 0 Å². The number of rotatable bonds is 4. The zero-order chi connectivity index (χ0) is 36.7. The maximum absolute atomic E-state index is 2.57. The van der Waals surface area contributed by atoms with E-state index in [1.54, 1.807) is 11.1 Å². The standard InChI is InChI=1S/C54H47N/c1-35-28-37-30-36(2)54(43(29-35)31-37)51-21-10-9-19-48(51)50-33-41(24-27-52(50)54)39-22-25-44(26-23-39)55(45-16-11-15-38-12-3-4-13-40(38)32-45)53-34-42-14-5-6-17-46(42)47-18-7-8-20-49(47)53/h3-15,17-27,32-37,43H,16,28-31H2,1-2H3. The summed E-state index contributed by atoms with van der Waals surface area (Å²) in [6, 6.07) is 55.1. The van der Waals surface area contributed by atoms with Crippen LogP contribution in [0.15, 0.2) is 157 Å². The van der Waals surface area contributed by atoms with E-state index in [1.807, 2.05) is 0 Å². The number of anilines is 2. The Morgan fingerprint density at radius 1 is 0.564 bits per heavy atom. The van der Waals surface area contributed by atoms with Gasteiger partial charge in [0.1, 0.15) is 0 Å². The lowest BCUT2D eigenvalue weighted by Crippen LogP contribution is -2.49. The molecule has 0 radical (unpaired) electrons. The SMILES string of the molecule is CC1CC2CC(C)C3(c4ccccc4-c4cc(-c5ccc(N(C6=Cc7ccccc7C=CC6)c6cc7ccccc7c7ccccc67)cc5)ccc43)C(C1)C2. The molecule has 268 valence electrons. The van der Waals surface area contributed by atoms with E-state index in [2.05, 4.69) is 183 Å². The largest absolute Gasteiger partial charge is 0.313 e. The van der Waals surface area contributed by atoms with E-state index in [0.29, 0.717) is 5.92 Å². The second kappa shape index (κ2) is 12.7. The van der Waals surface area contributed by atoms with Gasteiger partial charge in [-0.05, 0) is 140 Å². The summed E-state index contributed by atoms with van der Waals surface area (Å²) in [5.74, 6) is 3.06. The van der Waals surface area contributed by atoms with Crippen LogP contribution >= 0.6 is 0 Å². The number of benzene rings is 7. The molecule has 2 fully saturated rings. The van der Waals surface area contributed by atoms with Gasteiger partial charge in [0.05, 0.1) is 5.69 Å². The van der Waals surface area contributed by atoms with Crippen LogP contribution in [0.5, 0.6) is 0 Å². The highest BCUT2D eigenvalue weighted by Crippen LogP contribution is 2.64. The van der Waals surface area contributed by atoms with Crippen LogP contribution in [0.1, 0.15) is 68.2 Å². The van der Waals surface area contributed by atoms with E-state index in [9.17, 15) is 0 Å². The summed E-state index contributed by atoms with van der Waals surface area (Å²) in [5, 5.41) is 5.08. The number of hydrogen-bond donors (Lipinski definition) is 0. The number of fused-ring (bicyclic) bond motifs is 12. The Balaban J connectivity index is 1.04. The quantitative estimate of drug-likeness (QED) is 0.164. The lowest BCUT2D eigenvalue weighted by molar-refractivity contribution is 0.0426. The van der Waals surface area contributed by atoms with Gasteiger partial charge in [-0.25, -0.2) is 0 Å². The van der Waals surface area contributed by atoms with E-state index in [0.717, 1.165) is 24.2 Å². The third kappa shape index (κ3) is 5.05. The summed E-state index contributed by atoms with van der Waals surface area (Å²) in [4.78, 5) is 2.51. The Labute approximate surface area is 325 Å². The molecule has 1 nitrogen and oxygen atoms in total. The third-order valence-electron chi connectivity index (χ3n) is 14.0. The third-order valence-corrected chi connectivity index (χ3v) is 14.0. The summed E-state index contributed by atoms with van der Waals surface area (Å²) in [7, 11) is 0. The Morgan fingerprint density at radius 3 is 2.15 bits per heavy atom. The normalized spacial score (nSPS) is 23.6. The van der Waals surface area contributed by atoms with Crippen LogP contribution in [0.2, 0.25) is 0 Å². The second-order valence-corrected chi connectivity index (χ2v) is 17.1. The van der Waals surface area contributed by atoms with Crippen molar-refractivity contribution in [2.75, 3.05) is 4.90 Å². The summed E-state index contributed by atoms with van der Waals surface area (Å²) in [6.07, 6.45) is 13.3. The molecule has 11 rings (SSSR count). The van der Waals surface area contributed by atoms with Crippen molar-refractivity contribution in [3.8, 4) is 22.3 Å². The molecule has 55 heavy (non-hydrogen) atoms. The lowest BCUT2D eigenvalue weighted by atomic mass is 9.49. The van der Waals surface area contributed by atoms with Crippen molar-refractivity contribution in [1.82, 2.24) is 0 Å². The van der Waals surface area contributed by atoms with Crippen LogP contribution in [-0.2, 0) is 5.41 Å². The van der Waals surface area contributed by atoms with Crippen LogP contribution in [0, 0.1) is 23.7 Å². The first-order valence-electron chi connectivity index (χ1n) is 20.6. The van der Waals surface area contributed by atoms with Gasteiger partial charge in [0.2, 0.25) is 0 Å². The van der Waals surface area contributed by atoms with Gasteiger partial charge < -0.3 is 4.90 Å². The van der Waals surface area contributed by atoms with Gasteiger partial charge in [-0.1, -0.05) is 147 Å². The molecule has 4 aliphatic rings. The summed E-state index contributed by atoms with van der Waals surface area (Å²) in [5.41, 5.74) is 14.9. The predicted octanol–water partition coefficient (Wildman–Crippen LogP) is 14.6. The van der Waals surface area contributed by atoms with Crippen LogP contribution in [0.25, 0.3) is 56.0 Å². The summed E-state index contributed by atoms with van der Waals surface area (Å²) >= 11 is 0. The van der Waals surface area contributed by atoms with Gasteiger partial charge in [-0.3, -0.25) is 0 Å². The predicted molar refractivity (Wildman–Crippen MR) is 234 cm³/mol. The minimum Gasteiger partial charge on any atom is -0.313 e. The highest BCUT2D eigenvalue weighted by molar-refractivity contribution is 6.14. The maximum atomic E-state index is 2.57. The van der Waals surface area contributed by atoms with Crippen molar-refractivity contribution >= 4 is 45.1 Å². The molecule has 0 saturated heterocycles. The number of nitrogens with zero attached hydrogens (tertiary/aromatic N) is 1. The van der Waals surface area contributed by atoms with Gasteiger partial charge >= 0.3 is 0 Å². The minimum atomic E-state index is 0.127. The lowest BCUT2D eigenvalue weighted by Gasteiger charge is -2.54. The van der Waals surface area contributed by atoms with Crippen LogP contribution in [-0.4, -0.2) is 0 Å². The van der Waals surface area contributed by atoms with Crippen molar-refractivity contribution in [1.29, 1.82) is 0 Å². The fraction of sp³-hybridized carbons (Fsp3) is 0.222. The fourth-order valence-electron chi connectivity index (χ4n) is 11.9. The fourth-order valence-corrected chi connectivity index (χ4v) is 11.9. The molecule has 0 heterocycles. The van der Waals surface area contributed by atoms with E-state index < -0.39 is 0 Å². The molecule has 5 unspecified atom stereocenters. The zero-order valence-electron chi connectivity index (χ0n) is 31.9. The number of hydrogen-bond acceptors (Lipinski definition) is 1. The topological polar surface area (TPSA) is 3.24 Å². The first-order valence-corrected chi connectivity index (χ1v) is 20.6. The Hall–Kier alpha value is -5.66. The smallest absolute Gasteiger partial charge is 0.0543 e. The first kappa shape index (κ1) is 32.7. The number of allylic oxidation sites excluding steroid dienone is 1. The molecule has 2 saturated carbocycles. The van der Waals surface area contributed by atoms with Crippen LogP contribution in [0.4, 0.5) is 11.4 Å². The molecule has 0 amide bonds. The molecular weight excluding hydrogens is 663 g/mol. The monoisotopic (exact) mass is 709 g/mol. The molecule has 0 aromatic heterocycles. The molecule has 7 aromatic carbocycles.